The van der Waals surface area contributed by atoms with Crippen LogP contribution >= 0.6 is 0 Å². The average molecular weight is 236 g/mol. The zero-order valence-corrected chi connectivity index (χ0v) is 9.77. The summed E-state index contributed by atoms with van der Waals surface area (Å²) in [5.74, 6) is -1.02. The number of rotatable bonds is 3. The van der Waals surface area contributed by atoms with Crippen molar-refractivity contribution in [1.29, 1.82) is 0 Å². The number of carboxylic acid groups (broad SMARTS) is 1. The summed E-state index contributed by atoms with van der Waals surface area (Å²) < 4.78 is 5.44. The Morgan fingerprint density at radius 3 is 3.12 bits per heavy atom. The van der Waals surface area contributed by atoms with Gasteiger partial charge in [-0.25, -0.2) is 9.78 Å². The smallest absolute Gasteiger partial charge is 0.354 e. The lowest BCUT2D eigenvalue weighted by Crippen LogP contribution is -2.43. The molecule has 5 heteroatoms. The van der Waals surface area contributed by atoms with Gasteiger partial charge in [-0.2, -0.15) is 0 Å². The normalized spacial score (nSPS) is 24.3. The molecule has 1 aromatic heterocycles. The molecule has 2 rings (SSSR count). The van der Waals surface area contributed by atoms with Gasteiger partial charge in [0.25, 0.3) is 0 Å². The predicted molar refractivity (Wildman–Crippen MR) is 63.3 cm³/mol. The zero-order chi connectivity index (χ0) is 12.3. The van der Waals surface area contributed by atoms with Crippen LogP contribution in [0.25, 0.3) is 0 Å². The molecule has 0 spiro atoms. The lowest BCUT2D eigenvalue weighted by molar-refractivity contribution is 0.0540. The number of carboxylic acids is 1. The molecule has 2 N–H and O–H groups in total. The maximum atomic E-state index is 10.8. The van der Waals surface area contributed by atoms with E-state index in [0.29, 0.717) is 6.61 Å². The Labute approximate surface area is 99.8 Å². The number of anilines is 1. The topological polar surface area (TPSA) is 71.5 Å². The number of aromatic carboxylic acids is 1. The van der Waals surface area contributed by atoms with Crippen LogP contribution in [0.15, 0.2) is 18.3 Å². The standard InChI is InChI=1S/C12H16N2O3/c1-12(4-2-6-17-8-12)14-9-3-5-13-10(7-9)11(15)16/h3,5,7H,2,4,6,8H2,1H3,(H,13,14)(H,15,16). The molecular formula is C12H16N2O3. The summed E-state index contributed by atoms with van der Waals surface area (Å²) >= 11 is 0. The van der Waals surface area contributed by atoms with Crippen LogP contribution in [0.5, 0.6) is 0 Å². The molecule has 0 saturated carbocycles. The molecule has 5 nitrogen and oxygen atoms in total. The molecule has 1 fully saturated rings. The SMILES string of the molecule is CC1(Nc2ccnc(C(=O)O)c2)CCCOC1. The van der Waals surface area contributed by atoms with Gasteiger partial charge in [-0.1, -0.05) is 0 Å². The van der Waals surface area contributed by atoms with E-state index >= 15 is 0 Å². The molecule has 1 unspecified atom stereocenters. The number of hydrogen-bond acceptors (Lipinski definition) is 4. The van der Waals surface area contributed by atoms with Gasteiger partial charge in [0.2, 0.25) is 0 Å². The highest BCUT2D eigenvalue weighted by atomic mass is 16.5. The maximum Gasteiger partial charge on any atom is 0.354 e. The molecule has 2 heterocycles. The van der Waals surface area contributed by atoms with Crippen molar-refractivity contribution >= 4 is 11.7 Å². The summed E-state index contributed by atoms with van der Waals surface area (Å²) in [6.07, 6.45) is 3.52. The van der Waals surface area contributed by atoms with Crippen LogP contribution < -0.4 is 5.32 Å². The second-order valence-electron chi connectivity index (χ2n) is 4.58. The zero-order valence-electron chi connectivity index (χ0n) is 9.77. The maximum absolute atomic E-state index is 10.8. The number of pyridine rings is 1. The Morgan fingerprint density at radius 2 is 2.47 bits per heavy atom. The summed E-state index contributed by atoms with van der Waals surface area (Å²) in [6.45, 7) is 3.51. The highest BCUT2D eigenvalue weighted by Gasteiger charge is 2.27. The molecule has 0 aliphatic carbocycles. The summed E-state index contributed by atoms with van der Waals surface area (Å²) in [4.78, 5) is 14.6. The van der Waals surface area contributed by atoms with Gasteiger partial charge < -0.3 is 15.2 Å². The minimum atomic E-state index is -1.02. The van der Waals surface area contributed by atoms with E-state index in [1.165, 1.54) is 6.20 Å². The third-order valence-corrected chi connectivity index (χ3v) is 2.86. The van der Waals surface area contributed by atoms with Gasteiger partial charge in [-0.15, -0.1) is 0 Å². The Balaban J connectivity index is 2.12. The fourth-order valence-electron chi connectivity index (χ4n) is 2.01. The number of nitrogens with zero attached hydrogens (tertiary/aromatic N) is 1. The summed E-state index contributed by atoms with van der Waals surface area (Å²) in [5, 5.41) is 12.2. The van der Waals surface area contributed by atoms with E-state index in [4.69, 9.17) is 9.84 Å². The van der Waals surface area contributed by atoms with Crippen molar-refractivity contribution in [2.75, 3.05) is 18.5 Å². The highest BCUT2D eigenvalue weighted by Crippen LogP contribution is 2.24. The van der Waals surface area contributed by atoms with Gasteiger partial charge in [-0.05, 0) is 31.9 Å². The summed E-state index contributed by atoms with van der Waals surface area (Å²) in [5.41, 5.74) is 0.691. The van der Waals surface area contributed by atoms with Gasteiger partial charge in [-0.3, -0.25) is 0 Å². The number of nitrogens with one attached hydrogen (secondary N) is 1. The lowest BCUT2D eigenvalue weighted by atomic mass is 9.94. The number of hydrogen-bond donors (Lipinski definition) is 2. The van der Waals surface area contributed by atoms with Crippen molar-refractivity contribution in [2.24, 2.45) is 0 Å². The fourth-order valence-corrected chi connectivity index (χ4v) is 2.01. The van der Waals surface area contributed by atoms with Crippen LogP contribution in [-0.4, -0.2) is 34.8 Å². The minimum Gasteiger partial charge on any atom is -0.477 e. The van der Waals surface area contributed by atoms with Crippen LogP contribution in [-0.2, 0) is 4.74 Å². The number of aromatic nitrogens is 1. The predicted octanol–water partition coefficient (Wildman–Crippen LogP) is 1.76. The van der Waals surface area contributed by atoms with Crippen LogP contribution in [0.3, 0.4) is 0 Å². The molecule has 0 amide bonds. The summed E-state index contributed by atoms with van der Waals surface area (Å²) in [6, 6.07) is 3.31. The molecule has 17 heavy (non-hydrogen) atoms. The monoisotopic (exact) mass is 236 g/mol. The molecule has 1 aliphatic rings. The first-order chi connectivity index (χ1) is 8.09. The minimum absolute atomic E-state index is 0.0512. The highest BCUT2D eigenvalue weighted by molar-refractivity contribution is 5.86. The second kappa shape index (κ2) is 4.71. The first-order valence-corrected chi connectivity index (χ1v) is 5.64. The van der Waals surface area contributed by atoms with E-state index in [0.717, 1.165) is 25.1 Å². The van der Waals surface area contributed by atoms with Gasteiger partial charge in [0.15, 0.2) is 0 Å². The van der Waals surface area contributed by atoms with E-state index in [1.807, 2.05) is 0 Å². The lowest BCUT2D eigenvalue weighted by Gasteiger charge is -2.35. The van der Waals surface area contributed by atoms with E-state index in [9.17, 15) is 4.79 Å². The van der Waals surface area contributed by atoms with E-state index in [2.05, 4.69) is 17.2 Å². The van der Waals surface area contributed by atoms with Crippen molar-refractivity contribution < 1.29 is 14.6 Å². The molecule has 1 saturated heterocycles. The van der Waals surface area contributed by atoms with Crippen molar-refractivity contribution in [2.45, 2.75) is 25.3 Å². The molecule has 1 atom stereocenters. The van der Waals surface area contributed by atoms with Crippen molar-refractivity contribution in [1.82, 2.24) is 4.98 Å². The first-order valence-electron chi connectivity index (χ1n) is 5.64. The average Bonchev–Trinajstić information content (AvgIpc) is 2.29. The quantitative estimate of drug-likeness (QED) is 0.836. The largest absolute Gasteiger partial charge is 0.477 e. The first kappa shape index (κ1) is 11.9. The van der Waals surface area contributed by atoms with Crippen LogP contribution in [0.1, 0.15) is 30.3 Å². The van der Waals surface area contributed by atoms with E-state index in [-0.39, 0.29) is 11.2 Å². The van der Waals surface area contributed by atoms with Gasteiger partial charge in [0.1, 0.15) is 5.69 Å². The van der Waals surface area contributed by atoms with Crippen LogP contribution in [0.2, 0.25) is 0 Å². The Morgan fingerprint density at radius 1 is 1.65 bits per heavy atom. The Hall–Kier alpha value is -1.62. The van der Waals surface area contributed by atoms with E-state index in [1.54, 1.807) is 12.1 Å². The van der Waals surface area contributed by atoms with Crippen LogP contribution in [0, 0.1) is 0 Å². The van der Waals surface area contributed by atoms with Gasteiger partial charge in [0, 0.05) is 18.5 Å². The van der Waals surface area contributed by atoms with Crippen molar-refractivity contribution in [3.05, 3.63) is 24.0 Å². The Bertz CT molecular complexity index is 414. The molecule has 0 aromatic carbocycles. The Kier molecular flexibility index (Phi) is 3.28. The second-order valence-corrected chi connectivity index (χ2v) is 4.58. The van der Waals surface area contributed by atoms with E-state index < -0.39 is 5.97 Å². The third kappa shape index (κ3) is 2.94. The third-order valence-electron chi connectivity index (χ3n) is 2.86. The molecule has 1 aromatic rings. The molecule has 1 aliphatic heterocycles. The molecule has 92 valence electrons. The fraction of sp³-hybridized carbons (Fsp3) is 0.500. The summed E-state index contributed by atoms with van der Waals surface area (Å²) in [7, 11) is 0. The molecular weight excluding hydrogens is 220 g/mol. The van der Waals surface area contributed by atoms with Gasteiger partial charge >= 0.3 is 5.97 Å². The number of ether oxygens (including phenoxy) is 1. The molecule has 0 radical (unpaired) electrons. The number of carbonyl (C=O) groups is 1. The van der Waals surface area contributed by atoms with Crippen molar-refractivity contribution in [3.8, 4) is 0 Å². The van der Waals surface area contributed by atoms with Crippen LogP contribution in [0.4, 0.5) is 5.69 Å². The van der Waals surface area contributed by atoms with Crippen molar-refractivity contribution in [3.63, 3.8) is 0 Å². The molecule has 0 bridgehead atoms. The van der Waals surface area contributed by atoms with Gasteiger partial charge in [0.05, 0.1) is 12.1 Å².